The van der Waals surface area contributed by atoms with E-state index in [-0.39, 0.29) is 17.9 Å². The standard InChI is InChI=1S/C6H10O4.C4H8O2.C3H6O3.H2O/c1-4(6(8)9-3)10-5(2)7;1-4(5)3-6-2;1-2(4)3(5)6;/h4H,1-3H3;3H2,1-2H3;2,4H,1H3,(H,5,6);1H2. The molecule has 23 heavy (non-hydrogen) atoms. The van der Waals surface area contributed by atoms with Gasteiger partial charge in [0.05, 0.1) is 7.11 Å². The first-order chi connectivity index (χ1) is 9.99. The van der Waals surface area contributed by atoms with Crippen molar-refractivity contribution < 1.29 is 49.1 Å². The lowest BCUT2D eigenvalue weighted by molar-refractivity contribution is -0.163. The summed E-state index contributed by atoms with van der Waals surface area (Å²) in [5.41, 5.74) is 0. The Kier molecular flexibility index (Phi) is 22.7. The van der Waals surface area contributed by atoms with Crippen LogP contribution in [0.15, 0.2) is 0 Å². The van der Waals surface area contributed by atoms with Gasteiger partial charge in [0, 0.05) is 14.0 Å². The van der Waals surface area contributed by atoms with Gasteiger partial charge in [0.2, 0.25) is 0 Å². The largest absolute Gasteiger partial charge is 0.479 e. The maximum absolute atomic E-state index is 10.5. The number of carboxylic acids is 1. The van der Waals surface area contributed by atoms with E-state index >= 15 is 0 Å². The number of hydrogen-bond acceptors (Lipinski definition) is 8. The number of aliphatic hydroxyl groups excluding tert-OH is 1. The van der Waals surface area contributed by atoms with E-state index in [0.717, 1.165) is 0 Å². The van der Waals surface area contributed by atoms with Crippen LogP contribution in [0.5, 0.6) is 0 Å². The summed E-state index contributed by atoms with van der Waals surface area (Å²) in [4.78, 5) is 40.2. The highest BCUT2D eigenvalue weighted by Crippen LogP contribution is 1.92. The Bertz CT molecular complexity index is 351. The smallest absolute Gasteiger partial charge is 0.346 e. The van der Waals surface area contributed by atoms with E-state index in [4.69, 9.17) is 10.2 Å². The minimum Gasteiger partial charge on any atom is -0.479 e. The van der Waals surface area contributed by atoms with Crippen LogP contribution in [-0.4, -0.2) is 72.4 Å². The fourth-order valence-electron chi connectivity index (χ4n) is 0.666. The Morgan fingerprint density at radius 1 is 1.04 bits per heavy atom. The maximum Gasteiger partial charge on any atom is 0.346 e. The number of carbonyl (C=O) groups is 4. The lowest BCUT2D eigenvalue weighted by Gasteiger charge is -2.07. The van der Waals surface area contributed by atoms with Crippen LogP contribution in [0.2, 0.25) is 0 Å². The van der Waals surface area contributed by atoms with E-state index in [1.54, 1.807) is 0 Å². The van der Waals surface area contributed by atoms with Crippen LogP contribution in [0.3, 0.4) is 0 Å². The molecule has 0 aromatic heterocycles. The zero-order chi connectivity index (χ0) is 18.3. The average Bonchev–Trinajstić information content (AvgIpc) is 2.38. The molecule has 0 saturated heterocycles. The van der Waals surface area contributed by atoms with Crippen LogP contribution < -0.4 is 0 Å². The topological polar surface area (TPSA) is 168 Å². The number of aliphatic hydroxyl groups is 1. The Labute approximate surface area is 134 Å². The van der Waals surface area contributed by atoms with Crippen molar-refractivity contribution >= 4 is 23.7 Å². The zero-order valence-corrected chi connectivity index (χ0v) is 14.1. The highest BCUT2D eigenvalue weighted by Gasteiger charge is 2.14. The van der Waals surface area contributed by atoms with Gasteiger partial charge in [-0.25, -0.2) is 9.59 Å². The summed E-state index contributed by atoms with van der Waals surface area (Å²) < 4.78 is 13.2. The Morgan fingerprint density at radius 3 is 1.57 bits per heavy atom. The molecular formula is C13H26O10. The van der Waals surface area contributed by atoms with Gasteiger partial charge < -0.3 is 29.9 Å². The number of methoxy groups -OCH3 is 2. The number of Topliss-reactive ketones (excluding diaryl/α,β-unsaturated/α-hetero) is 1. The van der Waals surface area contributed by atoms with Gasteiger partial charge in [-0.3, -0.25) is 9.59 Å². The molecule has 138 valence electrons. The third-order valence-electron chi connectivity index (χ3n) is 1.58. The van der Waals surface area contributed by atoms with Crippen LogP contribution in [0.4, 0.5) is 0 Å². The van der Waals surface area contributed by atoms with Gasteiger partial charge in [0.15, 0.2) is 11.9 Å². The molecule has 0 aliphatic carbocycles. The molecule has 0 aromatic rings. The van der Waals surface area contributed by atoms with Crippen LogP contribution in [0.25, 0.3) is 0 Å². The summed E-state index contributed by atoms with van der Waals surface area (Å²) in [6.45, 7) is 5.61. The molecule has 0 aliphatic heterocycles. The molecule has 0 saturated carbocycles. The molecule has 0 aromatic carbocycles. The molecule has 0 aliphatic rings. The van der Waals surface area contributed by atoms with Crippen molar-refractivity contribution in [3.8, 4) is 0 Å². The predicted octanol–water partition coefficient (Wildman–Crippen LogP) is -1.04. The fourth-order valence-corrected chi connectivity index (χ4v) is 0.666. The van der Waals surface area contributed by atoms with Gasteiger partial charge in [-0.05, 0) is 20.8 Å². The van der Waals surface area contributed by atoms with Crippen LogP contribution in [-0.2, 0) is 33.4 Å². The Hall–Kier alpha value is -2.04. The lowest BCUT2D eigenvalue weighted by Crippen LogP contribution is -2.23. The van der Waals surface area contributed by atoms with Gasteiger partial charge >= 0.3 is 17.9 Å². The van der Waals surface area contributed by atoms with Crippen molar-refractivity contribution in [1.82, 2.24) is 0 Å². The second kappa shape index (κ2) is 18.0. The number of ketones is 1. The molecule has 0 spiro atoms. The van der Waals surface area contributed by atoms with Gasteiger partial charge in [-0.1, -0.05) is 0 Å². The van der Waals surface area contributed by atoms with E-state index < -0.39 is 30.1 Å². The number of hydrogen-bond donors (Lipinski definition) is 2. The first kappa shape index (κ1) is 29.0. The molecule has 4 N–H and O–H groups in total. The van der Waals surface area contributed by atoms with E-state index in [2.05, 4.69) is 14.2 Å². The summed E-state index contributed by atoms with van der Waals surface area (Å²) in [6.07, 6.45) is -2.03. The van der Waals surface area contributed by atoms with E-state index in [0.29, 0.717) is 0 Å². The normalized spacial score (nSPS) is 10.9. The van der Waals surface area contributed by atoms with Crippen LogP contribution in [0, 0.1) is 0 Å². The van der Waals surface area contributed by atoms with Crippen LogP contribution >= 0.6 is 0 Å². The summed E-state index contributed by atoms with van der Waals surface area (Å²) in [5, 5.41) is 15.8. The summed E-state index contributed by atoms with van der Waals surface area (Å²) >= 11 is 0. The summed E-state index contributed by atoms with van der Waals surface area (Å²) in [7, 11) is 2.74. The zero-order valence-electron chi connectivity index (χ0n) is 14.1. The summed E-state index contributed by atoms with van der Waals surface area (Å²) in [6, 6.07) is 0. The highest BCUT2D eigenvalue weighted by atomic mass is 16.6. The monoisotopic (exact) mass is 342 g/mol. The predicted molar refractivity (Wildman–Crippen MR) is 78.7 cm³/mol. The lowest BCUT2D eigenvalue weighted by atomic mass is 10.4. The number of carbonyl (C=O) groups excluding carboxylic acids is 3. The minimum absolute atomic E-state index is 0. The van der Waals surface area contributed by atoms with Crippen LogP contribution in [0.1, 0.15) is 27.7 Å². The fraction of sp³-hybridized carbons (Fsp3) is 0.692. The molecule has 0 rings (SSSR count). The second-order valence-corrected chi connectivity index (χ2v) is 3.92. The molecule has 0 amide bonds. The molecule has 0 heterocycles. The number of ether oxygens (including phenoxy) is 3. The molecule has 2 unspecified atom stereocenters. The van der Waals surface area contributed by atoms with Crippen molar-refractivity contribution in [3.63, 3.8) is 0 Å². The molecule has 10 heteroatoms. The first-order valence-corrected chi connectivity index (χ1v) is 6.13. The average molecular weight is 342 g/mol. The Morgan fingerprint density at radius 2 is 1.43 bits per heavy atom. The molecule has 0 radical (unpaired) electrons. The van der Waals surface area contributed by atoms with Gasteiger partial charge in [-0.2, -0.15) is 0 Å². The number of carboxylic acid groups (broad SMARTS) is 1. The number of aliphatic carboxylic acids is 1. The number of esters is 2. The first-order valence-electron chi connectivity index (χ1n) is 6.13. The van der Waals surface area contributed by atoms with Crippen molar-refractivity contribution in [3.05, 3.63) is 0 Å². The molecular weight excluding hydrogens is 316 g/mol. The molecule has 0 fully saturated rings. The minimum atomic E-state index is -1.23. The third-order valence-corrected chi connectivity index (χ3v) is 1.58. The maximum atomic E-state index is 10.5. The highest BCUT2D eigenvalue weighted by molar-refractivity contribution is 5.78. The summed E-state index contributed by atoms with van der Waals surface area (Å²) in [5.74, 6) is -2.15. The van der Waals surface area contributed by atoms with Crippen molar-refractivity contribution in [2.24, 2.45) is 0 Å². The van der Waals surface area contributed by atoms with E-state index in [9.17, 15) is 19.2 Å². The van der Waals surface area contributed by atoms with Gasteiger partial charge in [-0.15, -0.1) is 0 Å². The van der Waals surface area contributed by atoms with Crippen molar-refractivity contribution in [2.75, 3.05) is 20.8 Å². The van der Waals surface area contributed by atoms with E-state index in [1.807, 2.05) is 0 Å². The second-order valence-electron chi connectivity index (χ2n) is 3.92. The van der Waals surface area contributed by atoms with Crippen molar-refractivity contribution in [1.29, 1.82) is 0 Å². The number of rotatable bonds is 5. The third kappa shape index (κ3) is 28.8. The SMILES string of the molecule is CC(O)C(=O)O.COC(=O)C(C)OC(C)=O.COCC(C)=O.O. The van der Waals surface area contributed by atoms with Crippen molar-refractivity contribution in [2.45, 2.75) is 39.9 Å². The molecule has 0 bridgehead atoms. The van der Waals surface area contributed by atoms with E-state index in [1.165, 1.54) is 41.9 Å². The van der Waals surface area contributed by atoms with Gasteiger partial charge in [0.1, 0.15) is 12.7 Å². The quantitative estimate of drug-likeness (QED) is 0.592. The Balaban J connectivity index is -0.000000122. The molecule has 2 atom stereocenters. The molecule has 10 nitrogen and oxygen atoms in total. The van der Waals surface area contributed by atoms with Gasteiger partial charge in [0.25, 0.3) is 0 Å².